The maximum Gasteiger partial charge on any atom is 0.256 e. The Hall–Kier alpha value is -1.22. The fourth-order valence-electron chi connectivity index (χ4n) is 1.37. The second-order valence-corrected chi connectivity index (χ2v) is 4.61. The number of rotatable bonds is 5. The molecule has 2 rings (SSSR count). The van der Waals surface area contributed by atoms with Crippen LogP contribution in [0.3, 0.4) is 0 Å². The Morgan fingerprint density at radius 2 is 2.06 bits per heavy atom. The van der Waals surface area contributed by atoms with Gasteiger partial charge in [-0.1, -0.05) is 55.4 Å². The van der Waals surface area contributed by atoms with E-state index in [0.29, 0.717) is 0 Å². The van der Waals surface area contributed by atoms with Crippen LogP contribution in [0.25, 0.3) is 11.3 Å². The van der Waals surface area contributed by atoms with Gasteiger partial charge in [-0.25, -0.2) is 4.98 Å². The minimum Gasteiger partial charge on any atom is -0.439 e. The molecule has 0 saturated carbocycles. The second-order valence-electron chi connectivity index (χ2n) is 3.57. The molecule has 1 aromatic carbocycles. The molecule has 0 N–H and O–H groups in total. The number of thioether (sulfide) groups is 1. The van der Waals surface area contributed by atoms with Gasteiger partial charge in [-0.15, -0.1) is 0 Å². The van der Waals surface area contributed by atoms with Crippen molar-refractivity contribution < 1.29 is 4.42 Å². The van der Waals surface area contributed by atoms with Crippen LogP contribution in [0, 0.1) is 0 Å². The molecule has 0 unspecified atom stereocenters. The second kappa shape index (κ2) is 5.75. The van der Waals surface area contributed by atoms with E-state index in [-0.39, 0.29) is 0 Å². The molecular weight excluding hydrogens is 218 g/mol. The topological polar surface area (TPSA) is 26.0 Å². The van der Waals surface area contributed by atoms with Gasteiger partial charge >= 0.3 is 0 Å². The zero-order chi connectivity index (χ0) is 11.2. The molecule has 0 saturated heterocycles. The van der Waals surface area contributed by atoms with E-state index in [2.05, 4.69) is 11.9 Å². The van der Waals surface area contributed by atoms with Crippen LogP contribution in [0.5, 0.6) is 0 Å². The lowest BCUT2D eigenvalue weighted by Crippen LogP contribution is -1.79. The van der Waals surface area contributed by atoms with Crippen molar-refractivity contribution in [1.82, 2.24) is 4.98 Å². The average Bonchev–Trinajstić information content (AvgIpc) is 2.79. The molecule has 0 bridgehead atoms. The van der Waals surface area contributed by atoms with Crippen molar-refractivity contribution in [2.45, 2.75) is 25.0 Å². The smallest absolute Gasteiger partial charge is 0.256 e. The number of unbranched alkanes of at least 4 members (excludes halogenated alkanes) is 1. The first-order chi connectivity index (χ1) is 7.90. The van der Waals surface area contributed by atoms with Crippen molar-refractivity contribution in [3.8, 4) is 11.3 Å². The van der Waals surface area contributed by atoms with Gasteiger partial charge in [0.15, 0.2) is 0 Å². The number of benzene rings is 1. The van der Waals surface area contributed by atoms with E-state index < -0.39 is 0 Å². The van der Waals surface area contributed by atoms with E-state index in [1.807, 2.05) is 30.3 Å². The lowest BCUT2D eigenvalue weighted by atomic mass is 10.2. The number of oxazole rings is 1. The molecule has 3 heteroatoms. The highest BCUT2D eigenvalue weighted by Crippen LogP contribution is 2.24. The quantitative estimate of drug-likeness (QED) is 0.571. The molecule has 0 amide bonds. The molecule has 1 aromatic heterocycles. The molecule has 0 spiro atoms. The van der Waals surface area contributed by atoms with Crippen LogP contribution in [-0.4, -0.2) is 10.7 Å². The largest absolute Gasteiger partial charge is 0.439 e. The van der Waals surface area contributed by atoms with Gasteiger partial charge in [-0.2, -0.15) is 0 Å². The van der Waals surface area contributed by atoms with E-state index in [1.165, 1.54) is 12.8 Å². The Kier molecular flexibility index (Phi) is 4.05. The zero-order valence-corrected chi connectivity index (χ0v) is 10.2. The van der Waals surface area contributed by atoms with Crippen molar-refractivity contribution >= 4 is 11.8 Å². The van der Waals surface area contributed by atoms with E-state index in [1.54, 1.807) is 18.0 Å². The summed E-state index contributed by atoms with van der Waals surface area (Å²) in [5.41, 5.74) is 2.02. The highest BCUT2D eigenvalue weighted by molar-refractivity contribution is 7.99. The van der Waals surface area contributed by atoms with Crippen LogP contribution in [0.1, 0.15) is 19.8 Å². The molecule has 84 valence electrons. The number of hydrogen-bond donors (Lipinski definition) is 0. The van der Waals surface area contributed by atoms with Gasteiger partial charge < -0.3 is 4.42 Å². The summed E-state index contributed by atoms with van der Waals surface area (Å²) in [5.74, 6) is 1.07. The van der Waals surface area contributed by atoms with Crippen LogP contribution in [0.4, 0.5) is 0 Å². The molecule has 0 atom stereocenters. The first-order valence-electron chi connectivity index (χ1n) is 5.54. The van der Waals surface area contributed by atoms with Crippen LogP contribution in [0.15, 0.2) is 46.2 Å². The number of nitrogens with zero attached hydrogens (tertiary/aromatic N) is 1. The summed E-state index contributed by atoms with van der Waals surface area (Å²) in [7, 11) is 0. The van der Waals surface area contributed by atoms with Crippen molar-refractivity contribution in [3.05, 3.63) is 36.6 Å². The summed E-state index contributed by atoms with van der Waals surface area (Å²) < 4.78 is 5.42. The van der Waals surface area contributed by atoms with Crippen molar-refractivity contribution in [2.24, 2.45) is 0 Å². The Labute approximate surface area is 100 Å². The fraction of sp³-hybridized carbons (Fsp3) is 0.308. The van der Waals surface area contributed by atoms with Gasteiger partial charge in [0.1, 0.15) is 12.0 Å². The highest BCUT2D eigenvalue weighted by Gasteiger charge is 2.05. The Balaban J connectivity index is 2.02. The van der Waals surface area contributed by atoms with Gasteiger partial charge in [0.25, 0.3) is 5.22 Å². The molecule has 1 heterocycles. The van der Waals surface area contributed by atoms with Crippen molar-refractivity contribution in [1.29, 1.82) is 0 Å². The Bertz CT molecular complexity index is 425. The fourth-order valence-corrected chi connectivity index (χ4v) is 2.26. The van der Waals surface area contributed by atoms with E-state index >= 15 is 0 Å². The van der Waals surface area contributed by atoms with Crippen LogP contribution in [0.2, 0.25) is 0 Å². The van der Waals surface area contributed by atoms with Crippen LogP contribution >= 0.6 is 11.8 Å². The molecule has 2 aromatic rings. The maximum absolute atomic E-state index is 5.42. The third-order valence-electron chi connectivity index (χ3n) is 2.28. The highest BCUT2D eigenvalue weighted by atomic mass is 32.2. The van der Waals surface area contributed by atoms with Gasteiger partial charge in [0, 0.05) is 11.3 Å². The van der Waals surface area contributed by atoms with Crippen molar-refractivity contribution in [3.63, 3.8) is 0 Å². The van der Waals surface area contributed by atoms with E-state index in [4.69, 9.17) is 4.42 Å². The maximum atomic E-state index is 5.42. The van der Waals surface area contributed by atoms with Crippen LogP contribution in [-0.2, 0) is 0 Å². The summed E-state index contributed by atoms with van der Waals surface area (Å²) in [6.07, 6.45) is 4.14. The monoisotopic (exact) mass is 233 g/mol. The Morgan fingerprint density at radius 3 is 2.81 bits per heavy atom. The van der Waals surface area contributed by atoms with Gasteiger partial charge in [-0.05, 0) is 6.42 Å². The minimum absolute atomic E-state index is 0.771. The van der Waals surface area contributed by atoms with Gasteiger partial charge in [-0.3, -0.25) is 0 Å². The van der Waals surface area contributed by atoms with Crippen molar-refractivity contribution in [2.75, 3.05) is 5.75 Å². The van der Waals surface area contributed by atoms with Gasteiger partial charge in [0.2, 0.25) is 0 Å². The first kappa shape index (κ1) is 11.3. The molecule has 2 nitrogen and oxygen atoms in total. The summed E-state index contributed by atoms with van der Waals surface area (Å²) in [6.45, 7) is 2.19. The standard InChI is InChI=1S/C13H15NOS/c1-2-3-9-16-13-14-12(10-15-13)11-7-5-4-6-8-11/h4-8,10H,2-3,9H2,1H3. The lowest BCUT2D eigenvalue weighted by Gasteiger charge is -1.93. The SMILES string of the molecule is CCCCSc1nc(-c2ccccc2)co1. The van der Waals surface area contributed by atoms with E-state index in [9.17, 15) is 0 Å². The molecule has 0 aliphatic heterocycles. The number of aromatic nitrogens is 1. The minimum atomic E-state index is 0.771. The summed E-state index contributed by atoms with van der Waals surface area (Å²) in [5, 5.41) is 0.771. The third kappa shape index (κ3) is 2.89. The first-order valence-corrected chi connectivity index (χ1v) is 6.52. The summed E-state index contributed by atoms with van der Waals surface area (Å²) >= 11 is 1.68. The predicted molar refractivity (Wildman–Crippen MR) is 67.6 cm³/mol. The molecule has 16 heavy (non-hydrogen) atoms. The van der Waals surface area contributed by atoms with E-state index in [0.717, 1.165) is 22.2 Å². The zero-order valence-electron chi connectivity index (χ0n) is 9.35. The molecule has 0 radical (unpaired) electrons. The molecule has 0 fully saturated rings. The third-order valence-corrected chi connectivity index (χ3v) is 3.20. The summed E-state index contributed by atoms with van der Waals surface area (Å²) in [4.78, 5) is 4.45. The molecule has 0 aliphatic rings. The van der Waals surface area contributed by atoms with Gasteiger partial charge in [0.05, 0.1) is 0 Å². The number of hydrogen-bond acceptors (Lipinski definition) is 3. The lowest BCUT2D eigenvalue weighted by molar-refractivity contribution is 0.454. The molecular formula is C13H15NOS. The average molecular weight is 233 g/mol. The normalized spacial score (nSPS) is 10.6. The predicted octanol–water partition coefficient (Wildman–Crippen LogP) is 4.23. The molecule has 0 aliphatic carbocycles. The Morgan fingerprint density at radius 1 is 1.25 bits per heavy atom. The summed E-state index contributed by atoms with van der Waals surface area (Å²) in [6, 6.07) is 10.1. The van der Waals surface area contributed by atoms with Crippen LogP contribution < -0.4 is 0 Å².